The van der Waals surface area contributed by atoms with Crippen molar-refractivity contribution in [1.82, 2.24) is 0 Å². The lowest BCUT2D eigenvalue weighted by Gasteiger charge is -2.22. The summed E-state index contributed by atoms with van der Waals surface area (Å²) in [5, 5.41) is 26.1. The number of carboxylic acids is 1. The van der Waals surface area contributed by atoms with Gasteiger partial charge in [-0.05, 0) is 19.2 Å². The van der Waals surface area contributed by atoms with E-state index in [2.05, 4.69) is 6.58 Å². The molecule has 0 unspecified atom stereocenters. The molecule has 5 nitrogen and oxygen atoms in total. The number of carbonyl (C=O) groups is 1. The van der Waals surface area contributed by atoms with Crippen molar-refractivity contribution in [2.24, 2.45) is 5.73 Å². The summed E-state index contributed by atoms with van der Waals surface area (Å²) < 4.78 is 0. The largest absolute Gasteiger partial charge is 0.480 e. The third kappa shape index (κ3) is 5.56. The highest BCUT2D eigenvalue weighted by Crippen LogP contribution is 2.17. The Kier molecular flexibility index (Phi) is 6.23. The van der Waals surface area contributed by atoms with E-state index >= 15 is 0 Å². The summed E-state index contributed by atoms with van der Waals surface area (Å²) >= 11 is 0. The second kappa shape index (κ2) is 6.60. The molecule has 0 bridgehead atoms. The molecule has 0 saturated carbocycles. The summed E-state index contributed by atoms with van der Waals surface area (Å²) in [7, 11) is -1.33. The zero-order chi connectivity index (χ0) is 11.9. The van der Waals surface area contributed by atoms with E-state index in [1.807, 2.05) is 0 Å². The molecule has 0 fully saturated rings. The first-order chi connectivity index (χ1) is 6.92. The van der Waals surface area contributed by atoms with E-state index in [4.69, 9.17) is 20.9 Å². The molecule has 86 valence electrons. The van der Waals surface area contributed by atoms with Crippen LogP contribution in [0.5, 0.6) is 0 Å². The smallest absolute Gasteiger partial charge is 0.451 e. The molecule has 0 aliphatic rings. The van der Waals surface area contributed by atoms with Crippen molar-refractivity contribution in [2.45, 2.75) is 37.5 Å². The van der Waals surface area contributed by atoms with Gasteiger partial charge in [-0.25, -0.2) is 0 Å². The van der Waals surface area contributed by atoms with Crippen LogP contribution in [0.2, 0.25) is 6.32 Å². The molecule has 0 aliphatic carbocycles. The SMILES string of the molecule is C=CC[C@](N)(CCCCB(O)O)C(=O)O. The van der Waals surface area contributed by atoms with Crippen molar-refractivity contribution >= 4 is 13.1 Å². The molecule has 1 atom stereocenters. The molecule has 0 heterocycles. The van der Waals surface area contributed by atoms with Gasteiger partial charge in [0.2, 0.25) is 0 Å². The lowest BCUT2D eigenvalue weighted by molar-refractivity contribution is -0.143. The van der Waals surface area contributed by atoms with E-state index in [0.717, 1.165) is 0 Å². The normalized spacial score (nSPS) is 14.3. The number of aliphatic carboxylic acids is 1. The Hall–Kier alpha value is -0.845. The number of nitrogens with two attached hydrogens (primary N) is 1. The standard InChI is InChI=1S/C9H18BNO4/c1-2-5-9(11,8(12)13)6-3-4-7-10(14)15/h2,14-15H,1,3-7,11H2,(H,12,13)/t9-/m0/s1. The zero-order valence-electron chi connectivity index (χ0n) is 8.72. The summed E-state index contributed by atoms with van der Waals surface area (Å²) in [5.74, 6) is -1.05. The van der Waals surface area contributed by atoms with Crippen LogP contribution in [-0.4, -0.2) is 33.8 Å². The van der Waals surface area contributed by atoms with Crippen LogP contribution >= 0.6 is 0 Å². The molecule has 0 aromatic carbocycles. The van der Waals surface area contributed by atoms with Gasteiger partial charge in [0, 0.05) is 0 Å². The second-order valence-corrected chi connectivity index (χ2v) is 3.68. The van der Waals surface area contributed by atoms with Crippen LogP contribution in [0.15, 0.2) is 12.7 Å². The molecule has 0 aromatic heterocycles. The van der Waals surface area contributed by atoms with Gasteiger partial charge in [-0.15, -0.1) is 6.58 Å². The van der Waals surface area contributed by atoms with Crippen LogP contribution in [0.25, 0.3) is 0 Å². The zero-order valence-corrected chi connectivity index (χ0v) is 8.72. The molecular formula is C9H18BNO4. The molecule has 0 amide bonds. The maximum atomic E-state index is 10.9. The van der Waals surface area contributed by atoms with Gasteiger partial charge in [0.25, 0.3) is 0 Å². The van der Waals surface area contributed by atoms with Gasteiger partial charge in [0.1, 0.15) is 5.54 Å². The Morgan fingerprint density at radius 2 is 2.07 bits per heavy atom. The fourth-order valence-corrected chi connectivity index (χ4v) is 1.32. The molecule has 5 N–H and O–H groups in total. The van der Waals surface area contributed by atoms with Crippen molar-refractivity contribution in [3.8, 4) is 0 Å². The van der Waals surface area contributed by atoms with Crippen LogP contribution in [-0.2, 0) is 4.79 Å². The number of rotatable bonds is 8. The minimum Gasteiger partial charge on any atom is -0.480 e. The summed E-state index contributed by atoms with van der Waals surface area (Å²) in [6.45, 7) is 3.46. The van der Waals surface area contributed by atoms with E-state index in [9.17, 15) is 4.79 Å². The van der Waals surface area contributed by atoms with Crippen LogP contribution in [0.1, 0.15) is 25.7 Å². The molecule has 0 aromatic rings. The average molecular weight is 215 g/mol. The first-order valence-electron chi connectivity index (χ1n) is 4.91. The van der Waals surface area contributed by atoms with Gasteiger partial charge in [-0.1, -0.05) is 18.9 Å². The van der Waals surface area contributed by atoms with Crippen LogP contribution in [0, 0.1) is 0 Å². The minimum absolute atomic E-state index is 0.212. The maximum absolute atomic E-state index is 10.9. The summed E-state index contributed by atoms with van der Waals surface area (Å²) in [6.07, 6.45) is 3.33. The lowest BCUT2D eigenvalue weighted by atomic mass is 9.81. The van der Waals surface area contributed by atoms with E-state index in [1.165, 1.54) is 6.08 Å². The van der Waals surface area contributed by atoms with Crippen LogP contribution in [0.4, 0.5) is 0 Å². The topological polar surface area (TPSA) is 104 Å². The molecule has 15 heavy (non-hydrogen) atoms. The Morgan fingerprint density at radius 3 is 2.47 bits per heavy atom. The fourth-order valence-electron chi connectivity index (χ4n) is 1.32. The Labute approximate surface area is 89.7 Å². The van der Waals surface area contributed by atoms with Crippen molar-refractivity contribution in [2.75, 3.05) is 0 Å². The van der Waals surface area contributed by atoms with Crippen molar-refractivity contribution in [3.63, 3.8) is 0 Å². The van der Waals surface area contributed by atoms with Crippen molar-refractivity contribution in [1.29, 1.82) is 0 Å². The van der Waals surface area contributed by atoms with Gasteiger partial charge in [0.15, 0.2) is 0 Å². The lowest BCUT2D eigenvalue weighted by Crippen LogP contribution is -2.47. The Morgan fingerprint density at radius 1 is 1.47 bits per heavy atom. The minimum atomic E-state index is -1.33. The monoisotopic (exact) mass is 215 g/mol. The number of unbranched alkanes of at least 4 members (excludes halogenated alkanes) is 1. The Balaban J connectivity index is 3.97. The average Bonchev–Trinajstić information content (AvgIpc) is 2.12. The van der Waals surface area contributed by atoms with Gasteiger partial charge in [-0.3, -0.25) is 4.79 Å². The van der Waals surface area contributed by atoms with Crippen LogP contribution < -0.4 is 5.73 Å². The van der Waals surface area contributed by atoms with Crippen molar-refractivity contribution in [3.05, 3.63) is 12.7 Å². The molecule has 0 rings (SSSR count). The van der Waals surface area contributed by atoms with E-state index in [0.29, 0.717) is 19.3 Å². The molecule has 0 saturated heterocycles. The Bertz CT molecular complexity index is 222. The van der Waals surface area contributed by atoms with E-state index < -0.39 is 18.6 Å². The number of hydrogen-bond acceptors (Lipinski definition) is 4. The predicted octanol–water partition coefficient (Wildman–Crippen LogP) is -0.0123. The fraction of sp³-hybridized carbons (Fsp3) is 0.667. The van der Waals surface area contributed by atoms with Gasteiger partial charge < -0.3 is 20.9 Å². The number of carboxylic acid groups (broad SMARTS) is 1. The quantitative estimate of drug-likeness (QED) is 0.259. The first-order valence-corrected chi connectivity index (χ1v) is 4.91. The summed E-state index contributed by atoms with van der Waals surface area (Å²) in [4.78, 5) is 10.9. The molecule has 6 heteroatoms. The summed E-state index contributed by atoms with van der Waals surface area (Å²) in [5.41, 5.74) is 4.40. The highest BCUT2D eigenvalue weighted by atomic mass is 16.4. The van der Waals surface area contributed by atoms with Gasteiger partial charge in [0.05, 0.1) is 0 Å². The molecule has 0 radical (unpaired) electrons. The molecular weight excluding hydrogens is 197 g/mol. The van der Waals surface area contributed by atoms with E-state index in [1.54, 1.807) is 0 Å². The van der Waals surface area contributed by atoms with E-state index in [-0.39, 0.29) is 12.7 Å². The molecule has 0 aliphatic heterocycles. The second-order valence-electron chi connectivity index (χ2n) is 3.68. The third-order valence-electron chi connectivity index (χ3n) is 2.27. The van der Waals surface area contributed by atoms with Crippen LogP contribution in [0.3, 0.4) is 0 Å². The predicted molar refractivity (Wildman–Crippen MR) is 58.2 cm³/mol. The summed E-state index contributed by atoms with van der Waals surface area (Å²) in [6, 6.07) is 0. The maximum Gasteiger partial charge on any atom is 0.451 e. The number of hydrogen-bond donors (Lipinski definition) is 4. The highest BCUT2D eigenvalue weighted by Gasteiger charge is 2.31. The van der Waals surface area contributed by atoms with Gasteiger partial charge >= 0.3 is 13.1 Å². The van der Waals surface area contributed by atoms with Crippen molar-refractivity contribution < 1.29 is 19.9 Å². The third-order valence-corrected chi connectivity index (χ3v) is 2.27. The van der Waals surface area contributed by atoms with Gasteiger partial charge in [-0.2, -0.15) is 0 Å². The highest BCUT2D eigenvalue weighted by molar-refractivity contribution is 6.40. The molecule has 0 spiro atoms. The first kappa shape index (κ1) is 14.2.